The second-order valence-corrected chi connectivity index (χ2v) is 25.7. The molecular formula is C83H141NO8. The Bertz CT molecular complexity index is 1970. The Hall–Kier alpha value is -3.93. The van der Waals surface area contributed by atoms with Crippen LogP contribution < -0.4 is 5.32 Å². The molecule has 1 rings (SSSR count). The molecule has 0 aromatic carbocycles. The first-order valence-electron chi connectivity index (χ1n) is 38.1. The van der Waals surface area contributed by atoms with Gasteiger partial charge in [-0.25, -0.2) is 0 Å². The van der Waals surface area contributed by atoms with Crippen molar-refractivity contribution in [3.63, 3.8) is 0 Å². The van der Waals surface area contributed by atoms with Crippen LogP contribution in [0.2, 0.25) is 0 Å². The van der Waals surface area contributed by atoms with E-state index in [2.05, 4.69) is 153 Å². The van der Waals surface area contributed by atoms with Gasteiger partial charge in [0.05, 0.1) is 25.4 Å². The minimum absolute atomic E-state index is 0.204. The minimum atomic E-state index is -1.59. The lowest BCUT2D eigenvalue weighted by Gasteiger charge is -2.40. The zero-order chi connectivity index (χ0) is 66.4. The number of rotatable bonds is 65. The van der Waals surface area contributed by atoms with Crippen LogP contribution in [0.25, 0.3) is 0 Å². The molecule has 0 aromatic heterocycles. The number of carbonyl (C=O) groups excluding carboxylic acids is 1. The fourth-order valence-corrected chi connectivity index (χ4v) is 11.3. The third kappa shape index (κ3) is 57.5. The van der Waals surface area contributed by atoms with E-state index in [-0.39, 0.29) is 12.5 Å². The predicted octanol–water partition coefficient (Wildman–Crippen LogP) is 21.7. The molecule has 0 bridgehead atoms. The average molecular weight is 1280 g/mol. The predicted molar refractivity (Wildman–Crippen MR) is 396 cm³/mol. The number of aliphatic hydroxyl groups is 5. The van der Waals surface area contributed by atoms with Crippen molar-refractivity contribution >= 4 is 5.91 Å². The van der Waals surface area contributed by atoms with E-state index in [1.54, 1.807) is 6.08 Å². The molecule has 92 heavy (non-hydrogen) atoms. The van der Waals surface area contributed by atoms with Gasteiger partial charge in [0, 0.05) is 6.42 Å². The number of allylic oxidation sites excluding steroid dienone is 23. The van der Waals surface area contributed by atoms with Gasteiger partial charge in [0.1, 0.15) is 24.4 Å². The summed E-state index contributed by atoms with van der Waals surface area (Å²) in [5.74, 6) is -0.204. The molecule has 0 spiro atoms. The van der Waals surface area contributed by atoms with Gasteiger partial charge in [-0.15, -0.1) is 0 Å². The SMILES string of the molecule is CC/C=C\C/C=C\C/C=C\C/C=C\C/C=C\C/C=C\C/C=C\C/C=C\C/C=C\C/C=C\CCCCCCCCC(=O)NC(COC1OC(CO)C(O)C(O)C1O)C(O)/C=C/CC/C=C/CCCCCCCCCCCCCCCCCCCCCCCCCCCC. The first-order valence-corrected chi connectivity index (χ1v) is 38.1. The summed E-state index contributed by atoms with van der Waals surface area (Å²) >= 11 is 0. The molecule has 9 heteroatoms. The molecule has 1 aliphatic rings. The lowest BCUT2D eigenvalue weighted by Crippen LogP contribution is -2.60. The summed E-state index contributed by atoms with van der Waals surface area (Å²) in [5, 5.41) is 54.8. The zero-order valence-corrected chi connectivity index (χ0v) is 59.0. The Kier molecular flexibility index (Phi) is 65.4. The lowest BCUT2D eigenvalue weighted by atomic mass is 9.99. The van der Waals surface area contributed by atoms with Crippen molar-refractivity contribution in [1.82, 2.24) is 5.32 Å². The van der Waals surface area contributed by atoms with E-state index in [4.69, 9.17) is 9.47 Å². The third-order valence-corrected chi connectivity index (χ3v) is 17.1. The molecule has 0 radical (unpaired) electrons. The highest BCUT2D eigenvalue weighted by Crippen LogP contribution is 2.23. The zero-order valence-electron chi connectivity index (χ0n) is 59.0. The number of hydrogen-bond donors (Lipinski definition) is 6. The first kappa shape index (κ1) is 86.1. The molecular weight excluding hydrogens is 1140 g/mol. The van der Waals surface area contributed by atoms with E-state index in [9.17, 15) is 30.3 Å². The van der Waals surface area contributed by atoms with E-state index in [1.807, 2.05) is 6.08 Å². The van der Waals surface area contributed by atoms with Crippen LogP contribution in [0.15, 0.2) is 146 Å². The van der Waals surface area contributed by atoms with Crippen molar-refractivity contribution in [2.24, 2.45) is 0 Å². The van der Waals surface area contributed by atoms with Crippen molar-refractivity contribution in [1.29, 1.82) is 0 Å². The molecule has 1 fully saturated rings. The number of aliphatic hydroxyl groups excluding tert-OH is 5. The largest absolute Gasteiger partial charge is 0.394 e. The summed E-state index contributed by atoms with van der Waals surface area (Å²) in [6.07, 6.45) is 101. The molecule has 0 aromatic rings. The van der Waals surface area contributed by atoms with Crippen LogP contribution in [0.3, 0.4) is 0 Å². The van der Waals surface area contributed by atoms with Crippen molar-refractivity contribution in [3.8, 4) is 0 Å². The number of hydrogen-bond acceptors (Lipinski definition) is 8. The van der Waals surface area contributed by atoms with E-state index in [0.717, 1.165) is 128 Å². The molecule has 1 heterocycles. The topological polar surface area (TPSA) is 149 Å². The number of unbranched alkanes of at least 4 members (excludes halogenated alkanes) is 33. The molecule has 0 aliphatic carbocycles. The Balaban J connectivity index is 2.17. The molecule has 7 atom stereocenters. The second kappa shape index (κ2) is 69.9. The Labute approximate surface area is 565 Å². The summed E-state index contributed by atoms with van der Waals surface area (Å²) in [5.41, 5.74) is 0. The van der Waals surface area contributed by atoms with Gasteiger partial charge in [-0.2, -0.15) is 0 Å². The van der Waals surface area contributed by atoms with Gasteiger partial charge >= 0.3 is 0 Å². The molecule has 526 valence electrons. The maximum Gasteiger partial charge on any atom is 0.220 e. The Morgan fingerprint density at radius 2 is 0.685 bits per heavy atom. The number of amides is 1. The second-order valence-electron chi connectivity index (χ2n) is 25.7. The maximum atomic E-state index is 13.1. The monoisotopic (exact) mass is 1280 g/mol. The maximum absolute atomic E-state index is 13.1. The van der Waals surface area contributed by atoms with Gasteiger partial charge in [0.15, 0.2) is 6.29 Å². The first-order chi connectivity index (χ1) is 45.3. The van der Waals surface area contributed by atoms with Crippen molar-refractivity contribution in [2.45, 2.75) is 358 Å². The van der Waals surface area contributed by atoms with Gasteiger partial charge in [-0.05, 0) is 109 Å². The lowest BCUT2D eigenvalue weighted by molar-refractivity contribution is -0.302. The van der Waals surface area contributed by atoms with Crippen LogP contribution in [0.4, 0.5) is 0 Å². The highest BCUT2D eigenvalue weighted by Gasteiger charge is 2.44. The van der Waals surface area contributed by atoms with E-state index in [0.29, 0.717) is 6.42 Å². The van der Waals surface area contributed by atoms with Crippen LogP contribution in [0.5, 0.6) is 0 Å². The van der Waals surface area contributed by atoms with Gasteiger partial charge < -0.3 is 40.3 Å². The quantitative estimate of drug-likeness (QED) is 0.0261. The van der Waals surface area contributed by atoms with E-state index in [1.165, 1.54) is 167 Å². The number of carbonyl (C=O) groups is 1. The molecule has 1 saturated heterocycles. The van der Waals surface area contributed by atoms with Gasteiger partial charge in [-0.1, -0.05) is 346 Å². The van der Waals surface area contributed by atoms with Crippen LogP contribution in [-0.2, 0) is 14.3 Å². The summed E-state index contributed by atoms with van der Waals surface area (Å²) < 4.78 is 11.3. The summed E-state index contributed by atoms with van der Waals surface area (Å²) in [6, 6.07) is -0.843. The standard InChI is InChI=1S/C83H141NO8/c1-3-5-7-9-11-13-15-17-19-21-23-25-27-29-31-33-35-37-38-39-40-41-43-45-47-49-51-53-55-57-59-61-63-65-67-69-71-73-79(87)84-76(75-91-83-82(90)81(89)80(88)78(74-85)92-83)77(86)72-70-68-66-64-62-60-58-56-54-52-50-48-46-44-42-36-34-32-30-28-26-24-22-20-18-16-14-12-10-8-6-4-2/h5,7,11,13,17,19,23,25,29,31,35,37,39-40,43,45,49,51,55,57,62,64,70,72,76-78,80-83,85-86,88-90H,3-4,6,8-10,12,14-16,18,20-22,24,26-28,30,32-34,36,38,41-42,44,46-48,50,52-54,56,58-61,63,65-69,71,73-75H2,1-2H3,(H,84,87)/b7-5-,13-11-,19-17-,25-23-,31-29-,37-35-,40-39-,45-43-,51-49-,57-55-,64-62+,72-70+. The van der Waals surface area contributed by atoms with Crippen LogP contribution in [0.1, 0.15) is 316 Å². The number of nitrogens with one attached hydrogen (secondary N) is 1. The normalized spacial score (nSPS) is 18.5. The third-order valence-electron chi connectivity index (χ3n) is 17.1. The van der Waals surface area contributed by atoms with Gasteiger partial charge in [0.25, 0.3) is 0 Å². The van der Waals surface area contributed by atoms with Crippen LogP contribution in [-0.4, -0.2) is 87.5 Å². The molecule has 0 saturated carbocycles. The van der Waals surface area contributed by atoms with E-state index >= 15 is 0 Å². The van der Waals surface area contributed by atoms with Crippen molar-refractivity contribution in [2.75, 3.05) is 13.2 Å². The fourth-order valence-electron chi connectivity index (χ4n) is 11.3. The van der Waals surface area contributed by atoms with Gasteiger partial charge in [0.2, 0.25) is 5.91 Å². The average Bonchev–Trinajstić information content (AvgIpc) is 1.00. The van der Waals surface area contributed by atoms with Crippen LogP contribution >= 0.6 is 0 Å². The van der Waals surface area contributed by atoms with E-state index < -0.39 is 49.5 Å². The molecule has 1 amide bonds. The smallest absolute Gasteiger partial charge is 0.220 e. The van der Waals surface area contributed by atoms with Crippen LogP contribution in [0, 0.1) is 0 Å². The summed E-state index contributed by atoms with van der Waals surface area (Å²) in [6.45, 7) is 3.66. The number of ether oxygens (including phenoxy) is 2. The van der Waals surface area contributed by atoms with Gasteiger partial charge in [-0.3, -0.25) is 4.79 Å². The minimum Gasteiger partial charge on any atom is -0.394 e. The fraction of sp³-hybridized carbons (Fsp3) is 0.699. The van der Waals surface area contributed by atoms with Crippen molar-refractivity contribution < 1.29 is 39.8 Å². The summed E-state index contributed by atoms with van der Waals surface area (Å²) in [4.78, 5) is 13.1. The molecule has 6 N–H and O–H groups in total. The Morgan fingerprint density at radius 1 is 0.380 bits per heavy atom. The van der Waals surface area contributed by atoms with Crippen molar-refractivity contribution in [3.05, 3.63) is 146 Å². The molecule has 7 unspecified atom stereocenters. The molecule has 9 nitrogen and oxygen atoms in total. The Morgan fingerprint density at radius 3 is 1.04 bits per heavy atom. The molecule has 1 aliphatic heterocycles. The summed E-state index contributed by atoms with van der Waals surface area (Å²) in [7, 11) is 0. The highest BCUT2D eigenvalue weighted by molar-refractivity contribution is 5.76. The highest BCUT2D eigenvalue weighted by atomic mass is 16.7.